The van der Waals surface area contributed by atoms with E-state index in [2.05, 4.69) is 28.1 Å². The number of rotatable bonds is 4. The van der Waals surface area contributed by atoms with Gasteiger partial charge in [0, 0.05) is 22.5 Å². The molecule has 1 heterocycles. The second-order valence-corrected chi connectivity index (χ2v) is 8.06. The molecule has 0 unspecified atom stereocenters. The zero-order chi connectivity index (χ0) is 18.4. The highest BCUT2D eigenvalue weighted by atomic mass is 32.2. The van der Waals surface area contributed by atoms with Crippen LogP contribution in [0.2, 0.25) is 0 Å². The highest BCUT2D eigenvalue weighted by molar-refractivity contribution is 8.00. The molecule has 3 rings (SSSR count). The Labute approximate surface area is 163 Å². The number of fused-ring (bicyclic) bond motifs is 1. The van der Waals surface area contributed by atoms with Crippen LogP contribution in [0.5, 0.6) is 0 Å². The molecule has 1 aromatic carbocycles. The maximum absolute atomic E-state index is 12.1. The van der Waals surface area contributed by atoms with E-state index in [0.717, 1.165) is 22.2 Å². The predicted molar refractivity (Wildman–Crippen MR) is 111 cm³/mol. The maximum atomic E-state index is 12.1. The number of para-hydroxylation sites is 1. The van der Waals surface area contributed by atoms with Gasteiger partial charge in [-0.3, -0.25) is 20.6 Å². The fourth-order valence-corrected chi connectivity index (χ4v) is 4.28. The maximum Gasteiger partial charge on any atom is 0.248 e. The number of amides is 1. The quantitative estimate of drug-likeness (QED) is 0.424. The third-order valence-electron chi connectivity index (χ3n) is 4.70. The summed E-state index contributed by atoms with van der Waals surface area (Å²) < 4.78 is 0. The topological polar surface area (TPSA) is 66.0 Å². The summed E-state index contributed by atoms with van der Waals surface area (Å²) in [7, 11) is 0. The molecule has 3 N–H and O–H groups in total. The number of hydrazine groups is 1. The van der Waals surface area contributed by atoms with Crippen molar-refractivity contribution >= 4 is 45.9 Å². The Bertz CT molecular complexity index is 778. The number of thiocarbonyl (C=S) groups is 1. The summed E-state index contributed by atoms with van der Waals surface area (Å²) in [5.41, 5.74) is 6.41. The summed E-state index contributed by atoms with van der Waals surface area (Å²) in [5.74, 6) is 0.780. The van der Waals surface area contributed by atoms with Crippen molar-refractivity contribution in [1.82, 2.24) is 21.2 Å². The molecule has 1 amide bonds. The molecule has 1 aromatic heterocycles. The first kappa shape index (κ1) is 18.9. The number of hydrogen-bond acceptors (Lipinski definition) is 4. The van der Waals surface area contributed by atoms with E-state index in [-0.39, 0.29) is 5.91 Å². The highest BCUT2D eigenvalue weighted by Gasteiger charge is 2.21. The Balaban J connectivity index is 1.44. The van der Waals surface area contributed by atoms with E-state index < -0.39 is 0 Å². The number of aromatic nitrogens is 1. The van der Waals surface area contributed by atoms with E-state index >= 15 is 0 Å². The Hall–Kier alpha value is -1.86. The third-order valence-corrected chi connectivity index (χ3v) is 5.96. The normalized spacial score (nSPS) is 19.7. The van der Waals surface area contributed by atoms with Gasteiger partial charge in [0.2, 0.25) is 5.91 Å². The first-order valence-electron chi connectivity index (χ1n) is 8.95. The number of thioether (sulfide) groups is 1. The van der Waals surface area contributed by atoms with Crippen molar-refractivity contribution in [1.29, 1.82) is 0 Å². The van der Waals surface area contributed by atoms with Crippen LogP contribution < -0.4 is 16.2 Å². The van der Waals surface area contributed by atoms with Gasteiger partial charge in [0.25, 0.3) is 0 Å². The predicted octanol–water partition coefficient (Wildman–Crippen LogP) is 3.40. The molecule has 1 aliphatic carbocycles. The summed E-state index contributed by atoms with van der Waals surface area (Å²) in [6.45, 7) is 2.24. The van der Waals surface area contributed by atoms with E-state index in [1.54, 1.807) is 6.20 Å². The Morgan fingerprint density at radius 2 is 2.04 bits per heavy atom. The summed E-state index contributed by atoms with van der Waals surface area (Å²) >= 11 is 6.76. The van der Waals surface area contributed by atoms with Crippen LogP contribution in [0.15, 0.2) is 41.4 Å². The summed E-state index contributed by atoms with van der Waals surface area (Å²) in [6, 6.07) is 10.3. The molecule has 0 aliphatic heterocycles. The van der Waals surface area contributed by atoms with Crippen LogP contribution in [0.3, 0.4) is 0 Å². The first-order valence-corrected chi connectivity index (χ1v) is 10.3. The lowest BCUT2D eigenvalue weighted by molar-refractivity contribution is -0.119. The van der Waals surface area contributed by atoms with Gasteiger partial charge in [-0.1, -0.05) is 38.0 Å². The Morgan fingerprint density at radius 3 is 2.88 bits per heavy atom. The van der Waals surface area contributed by atoms with Gasteiger partial charge in [0.15, 0.2) is 5.11 Å². The van der Waals surface area contributed by atoms with Crippen LogP contribution in [-0.4, -0.2) is 27.8 Å². The zero-order valence-corrected chi connectivity index (χ0v) is 16.5. The summed E-state index contributed by atoms with van der Waals surface area (Å²) in [4.78, 5) is 17.5. The first-order chi connectivity index (χ1) is 12.6. The van der Waals surface area contributed by atoms with Crippen molar-refractivity contribution in [3.05, 3.63) is 36.5 Å². The van der Waals surface area contributed by atoms with Gasteiger partial charge in [-0.15, -0.1) is 11.8 Å². The van der Waals surface area contributed by atoms with E-state index in [0.29, 0.717) is 22.8 Å². The van der Waals surface area contributed by atoms with Crippen LogP contribution in [0.1, 0.15) is 32.6 Å². The molecule has 26 heavy (non-hydrogen) atoms. The summed E-state index contributed by atoms with van der Waals surface area (Å²) in [5, 5.41) is 4.86. The molecule has 0 bridgehead atoms. The van der Waals surface area contributed by atoms with Crippen LogP contribution >= 0.6 is 24.0 Å². The van der Waals surface area contributed by atoms with Crippen LogP contribution in [0, 0.1) is 5.92 Å². The number of carbonyl (C=O) groups is 1. The van der Waals surface area contributed by atoms with E-state index in [1.807, 2.05) is 30.3 Å². The van der Waals surface area contributed by atoms with Gasteiger partial charge < -0.3 is 5.32 Å². The minimum Gasteiger partial charge on any atom is -0.358 e. The van der Waals surface area contributed by atoms with Crippen molar-refractivity contribution in [3.63, 3.8) is 0 Å². The SMILES string of the molecule is C[C@@H]1CCCC[C@@H]1NC(=S)NNC(=O)CSc1cccc2cccnc12. The molecular formula is C19H24N4OS2. The molecule has 0 saturated heterocycles. The number of benzene rings is 1. The largest absolute Gasteiger partial charge is 0.358 e. The van der Waals surface area contributed by atoms with E-state index in [9.17, 15) is 4.79 Å². The molecule has 1 fully saturated rings. The van der Waals surface area contributed by atoms with E-state index in [4.69, 9.17) is 12.2 Å². The molecule has 0 spiro atoms. The number of nitrogens with one attached hydrogen (secondary N) is 3. The lowest BCUT2D eigenvalue weighted by atomic mass is 9.86. The molecule has 1 aliphatic rings. The second-order valence-electron chi connectivity index (χ2n) is 6.63. The number of nitrogens with zero attached hydrogens (tertiary/aromatic N) is 1. The minimum absolute atomic E-state index is 0.122. The van der Waals surface area contributed by atoms with Crippen molar-refractivity contribution in [2.75, 3.05) is 5.75 Å². The number of pyridine rings is 1. The van der Waals surface area contributed by atoms with Gasteiger partial charge in [-0.2, -0.15) is 0 Å². The molecule has 1 saturated carbocycles. The van der Waals surface area contributed by atoms with Gasteiger partial charge in [0.05, 0.1) is 11.3 Å². The highest BCUT2D eigenvalue weighted by Crippen LogP contribution is 2.26. The van der Waals surface area contributed by atoms with Gasteiger partial charge >= 0.3 is 0 Å². The molecular weight excluding hydrogens is 364 g/mol. The van der Waals surface area contributed by atoms with Crippen molar-refractivity contribution in [3.8, 4) is 0 Å². The van der Waals surface area contributed by atoms with Gasteiger partial charge in [-0.25, -0.2) is 0 Å². The molecule has 2 atom stereocenters. The lowest BCUT2D eigenvalue weighted by Crippen LogP contribution is -2.52. The second kappa shape index (κ2) is 9.19. The molecule has 7 heteroatoms. The van der Waals surface area contributed by atoms with Crippen LogP contribution in [0.4, 0.5) is 0 Å². The van der Waals surface area contributed by atoms with E-state index in [1.165, 1.54) is 31.0 Å². The molecule has 138 valence electrons. The zero-order valence-electron chi connectivity index (χ0n) is 14.8. The fourth-order valence-electron chi connectivity index (χ4n) is 3.23. The monoisotopic (exact) mass is 388 g/mol. The Kier molecular flexibility index (Phi) is 6.68. The standard InChI is InChI=1S/C19H24N4OS2/c1-13-6-2-3-9-15(13)21-19(25)23-22-17(24)12-26-16-10-4-7-14-8-5-11-20-18(14)16/h4-5,7-8,10-11,13,15H,2-3,6,9,12H2,1H3,(H,22,24)(H2,21,23,25)/t13-,15+/m1/s1. The van der Waals surface area contributed by atoms with Crippen LogP contribution in [0.25, 0.3) is 10.9 Å². The molecule has 0 radical (unpaired) electrons. The van der Waals surface area contributed by atoms with Crippen molar-refractivity contribution in [2.24, 2.45) is 5.92 Å². The summed E-state index contributed by atoms with van der Waals surface area (Å²) in [6.07, 6.45) is 6.64. The molecule has 2 aromatic rings. The number of carbonyl (C=O) groups excluding carboxylic acids is 1. The lowest BCUT2D eigenvalue weighted by Gasteiger charge is -2.30. The van der Waals surface area contributed by atoms with Gasteiger partial charge in [0.1, 0.15) is 0 Å². The van der Waals surface area contributed by atoms with Crippen molar-refractivity contribution < 1.29 is 4.79 Å². The van der Waals surface area contributed by atoms with Gasteiger partial charge in [-0.05, 0) is 43.1 Å². The average molecular weight is 389 g/mol. The fraction of sp³-hybridized carbons (Fsp3) is 0.421. The van der Waals surface area contributed by atoms with Crippen LogP contribution in [-0.2, 0) is 4.79 Å². The van der Waals surface area contributed by atoms with Crippen molar-refractivity contribution in [2.45, 2.75) is 43.5 Å². The third kappa shape index (κ3) is 5.08. The number of hydrogen-bond donors (Lipinski definition) is 3. The molecule has 5 nitrogen and oxygen atoms in total. The smallest absolute Gasteiger partial charge is 0.248 e. The average Bonchev–Trinajstić information content (AvgIpc) is 2.66. The Morgan fingerprint density at radius 1 is 1.23 bits per heavy atom. The minimum atomic E-state index is -0.122.